The molecular weight excluding hydrogens is 279 g/mol. The van der Waals surface area contributed by atoms with Crippen LogP contribution in [0.5, 0.6) is 0 Å². The summed E-state index contributed by atoms with van der Waals surface area (Å²) in [4.78, 5) is 0. The Kier molecular flexibility index (Phi) is 2.65. The summed E-state index contributed by atoms with van der Waals surface area (Å²) < 4.78 is 118. The molecule has 0 aromatic rings. The molecule has 0 saturated heterocycles. The summed E-state index contributed by atoms with van der Waals surface area (Å²) in [5.41, 5.74) is -14.1. The first-order chi connectivity index (χ1) is 7.50. The van der Waals surface area contributed by atoms with Crippen LogP contribution in [-0.2, 0) is 0 Å². The molecule has 0 aromatic heterocycles. The normalized spacial score (nSPS) is 47.3. The van der Waals surface area contributed by atoms with Crippen LogP contribution < -0.4 is 0 Å². The van der Waals surface area contributed by atoms with Crippen molar-refractivity contribution in [3.8, 4) is 0 Å². The summed E-state index contributed by atoms with van der Waals surface area (Å²) in [7, 11) is 0. The molecule has 0 spiro atoms. The highest BCUT2D eigenvalue weighted by molar-refractivity contribution is 5.29. The lowest BCUT2D eigenvalue weighted by atomic mass is 9.70. The van der Waals surface area contributed by atoms with Gasteiger partial charge in [0.25, 0.3) is 0 Å². The Balaban J connectivity index is 3.75. The van der Waals surface area contributed by atoms with Crippen molar-refractivity contribution in [1.29, 1.82) is 0 Å². The monoisotopic (exact) mass is 288 g/mol. The van der Waals surface area contributed by atoms with E-state index >= 15 is 0 Å². The van der Waals surface area contributed by atoms with Gasteiger partial charge in [0.05, 0.1) is 0 Å². The molecule has 0 N–H and O–H groups in total. The minimum atomic E-state index is -5.91. The van der Waals surface area contributed by atoms with Crippen LogP contribution >= 0.6 is 0 Å². The van der Waals surface area contributed by atoms with Crippen LogP contribution in [0.15, 0.2) is 0 Å². The maximum absolute atomic E-state index is 13.7. The van der Waals surface area contributed by atoms with Crippen LogP contribution in [0.1, 0.15) is 20.8 Å². The van der Waals surface area contributed by atoms with E-state index in [0.29, 0.717) is 0 Å². The molecule has 0 heterocycles. The van der Waals surface area contributed by atoms with E-state index < -0.39 is 34.8 Å². The maximum Gasteiger partial charge on any atom is 0.400 e. The van der Waals surface area contributed by atoms with Crippen LogP contribution in [-0.4, -0.2) is 29.4 Å². The van der Waals surface area contributed by atoms with Gasteiger partial charge < -0.3 is 0 Å². The van der Waals surface area contributed by atoms with Crippen molar-refractivity contribution in [1.82, 2.24) is 0 Å². The molecule has 0 bridgehead atoms. The third kappa shape index (κ3) is 1.11. The molecule has 1 aliphatic carbocycles. The lowest BCUT2D eigenvalue weighted by Gasteiger charge is -2.41. The van der Waals surface area contributed by atoms with E-state index in [1.807, 2.05) is 0 Å². The standard InChI is InChI=1S/C9H9F9/c1-4(9(16,17)18)5(2,10)7(12,13)8(14,15)6(4,3)11/h1-3H3. The molecule has 2 unspecified atom stereocenters. The van der Waals surface area contributed by atoms with E-state index in [4.69, 9.17) is 0 Å². The van der Waals surface area contributed by atoms with E-state index in [2.05, 4.69) is 0 Å². The smallest absolute Gasteiger partial charge is 0.236 e. The van der Waals surface area contributed by atoms with Crippen molar-refractivity contribution >= 4 is 0 Å². The molecule has 1 saturated carbocycles. The molecule has 0 aromatic carbocycles. The van der Waals surface area contributed by atoms with Gasteiger partial charge in [-0.25, -0.2) is 8.78 Å². The van der Waals surface area contributed by atoms with Gasteiger partial charge >= 0.3 is 18.0 Å². The number of hydrogen-bond acceptors (Lipinski definition) is 0. The number of rotatable bonds is 0. The second-order valence-electron chi connectivity index (χ2n) is 4.78. The quantitative estimate of drug-likeness (QED) is 0.583. The Labute approximate surface area is 96.1 Å². The Bertz CT molecular complexity index is 337. The van der Waals surface area contributed by atoms with Crippen molar-refractivity contribution in [2.75, 3.05) is 0 Å². The second kappa shape index (κ2) is 3.09. The van der Waals surface area contributed by atoms with Gasteiger partial charge in [-0.15, -0.1) is 0 Å². The minimum Gasteiger partial charge on any atom is -0.236 e. The molecule has 0 amide bonds. The SMILES string of the molecule is CC1(F)C(F)(F)C(F)(F)C(C)(F)C1(C)C(F)(F)F. The van der Waals surface area contributed by atoms with Crippen molar-refractivity contribution in [3.63, 3.8) is 0 Å². The topological polar surface area (TPSA) is 0 Å². The fourth-order valence-corrected chi connectivity index (χ4v) is 2.19. The summed E-state index contributed by atoms with van der Waals surface area (Å²) in [5.74, 6) is -11.6. The second-order valence-corrected chi connectivity index (χ2v) is 4.78. The summed E-state index contributed by atoms with van der Waals surface area (Å²) in [6.45, 7) is -1.03. The summed E-state index contributed by atoms with van der Waals surface area (Å²) in [5, 5.41) is 0. The van der Waals surface area contributed by atoms with E-state index in [1.165, 1.54) is 0 Å². The lowest BCUT2D eigenvalue weighted by molar-refractivity contribution is -0.298. The molecular formula is C9H9F9. The third-order valence-electron chi connectivity index (χ3n) is 4.02. The average Bonchev–Trinajstić information content (AvgIpc) is 2.16. The van der Waals surface area contributed by atoms with E-state index in [1.54, 1.807) is 0 Å². The first-order valence-corrected chi connectivity index (χ1v) is 4.70. The zero-order chi connectivity index (χ0) is 15.0. The number of alkyl halides is 9. The van der Waals surface area contributed by atoms with Crippen LogP contribution in [0.2, 0.25) is 0 Å². The fourth-order valence-electron chi connectivity index (χ4n) is 2.19. The number of halogens is 9. The van der Waals surface area contributed by atoms with Crippen LogP contribution in [0.25, 0.3) is 0 Å². The highest BCUT2D eigenvalue weighted by Gasteiger charge is 2.96. The van der Waals surface area contributed by atoms with Crippen LogP contribution in [0.3, 0.4) is 0 Å². The maximum atomic E-state index is 13.7. The lowest BCUT2D eigenvalue weighted by Crippen LogP contribution is -2.59. The van der Waals surface area contributed by atoms with Crippen molar-refractivity contribution in [2.45, 2.75) is 50.1 Å². The van der Waals surface area contributed by atoms with Crippen molar-refractivity contribution in [3.05, 3.63) is 0 Å². The molecule has 18 heavy (non-hydrogen) atoms. The Hall–Kier alpha value is -0.630. The molecule has 1 fully saturated rings. The molecule has 108 valence electrons. The molecule has 2 atom stereocenters. The first-order valence-electron chi connectivity index (χ1n) is 4.70. The number of hydrogen-bond donors (Lipinski definition) is 0. The Morgan fingerprint density at radius 1 is 0.611 bits per heavy atom. The molecule has 1 rings (SSSR count). The van der Waals surface area contributed by atoms with Gasteiger partial charge in [0.2, 0.25) is 0 Å². The van der Waals surface area contributed by atoms with Gasteiger partial charge in [0.15, 0.2) is 11.3 Å². The van der Waals surface area contributed by atoms with Gasteiger partial charge in [-0.1, -0.05) is 0 Å². The molecule has 1 aliphatic rings. The Morgan fingerprint density at radius 2 is 0.833 bits per heavy atom. The molecule has 0 nitrogen and oxygen atoms in total. The van der Waals surface area contributed by atoms with Gasteiger partial charge in [0, 0.05) is 0 Å². The largest absolute Gasteiger partial charge is 0.400 e. The van der Waals surface area contributed by atoms with Gasteiger partial charge in [-0.3, -0.25) is 0 Å². The van der Waals surface area contributed by atoms with Crippen LogP contribution in [0.4, 0.5) is 39.5 Å². The molecule has 9 heteroatoms. The zero-order valence-electron chi connectivity index (χ0n) is 9.40. The van der Waals surface area contributed by atoms with Gasteiger partial charge in [-0.05, 0) is 20.8 Å². The molecule has 0 aliphatic heterocycles. The van der Waals surface area contributed by atoms with E-state index in [-0.39, 0.29) is 20.8 Å². The zero-order valence-corrected chi connectivity index (χ0v) is 9.40. The van der Waals surface area contributed by atoms with Gasteiger partial charge in [0.1, 0.15) is 5.41 Å². The highest BCUT2D eigenvalue weighted by Crippen LogP contribution is 2.73. The first kappa shape index (κ1) is 15.4. The average molecular weight is 288 g/mol. The van der Waals surface area contributed by atoms with Gasteiger partial charge in [-0.2, -0.15) is 30.7 Å². The minimum absolute atomic E-state index is 0.304. The predicted octanol–water partition coefficient (Wildman–Crippen LogP) is 4.30. The van der Waals surface area contributed by atoms with Crippen LogP contribution in [0, 0.1) is 5.41 Å². The third-order valence-corrected chi connectivity index (χ3v) is 4.02. The summed E-state index contributed by atoms with van der Waals surface area (Å²) in [6, 6.07) is 0. The van der Waals surface area contributed by atoms with Crippen molar-refractivity contribution < 1.29 is 39.5 Å². The Morgan fingerprint density at radius 3 is 0.944 bits per heavy atom. The van der Waals surface area contributed by atoms with E-state index in [0.717, 1.165) is 0 Å². The predicted molar refractivity (Wildman–Crippen MR) is 43.1 cm³/mol. The fraction of sp³-hybridized carbons (Fsp3) is 1.00. The molecule has 0 radical (unpaired) electrons. The highest BCUT2D eigenvalue weighted by atomic mass is 19.4. The summed E-state index contributed by atoms with van der Waals surface area (Å²) in [6.07, 6.45) is -5.91. The van der Waals surface area contributed by atoms with E-state index in [9.17, 15) is 39.5 Å². The summed E-state index contributed by atoms with van der Waals surface area (Å²) >= 11 is 0. The van der Waals surface area contributed by atoms with Crippen molar-refractivity contribution in [2.24, 2.45) is 5.41 Å².